The maximum absolute atomic E-state index is 12.6. The Bertz CT molecular complexity index is 686. The summed E-state index contributed by atoms with van der Waals surface area (Å²) in [6, 6.07) is 10.3. The fourth-order valence-electron chi connectivity index (χ4n) is 3.64. The van der Waals surface area contributed by atoms with Crippen molar-refractivity contribution in [2.75, 3.05) is 19.3 Å². The van der Waals surface area contributed by atoms with Gasteiger partial charge in [-0.3, -0.25) is 4.79 Å². The smallest absolute Gasteiger partial charge is 0.224 e. The molecule has 5 nitrogen and oxygen atoms in total. The zero-order chi connectivity index (χ0) is 18.7. The first-order valence-corrected chi connectivity index (χ1v) is 10.8. The van der Waals surface area contributed by atoms with Gasteiger partial charge in [0.1, 0.15) is 0 Å². The summed E-state index contributed by atoms with van der Waals surface area (Å²) in [5.41, 5.74) is 1.20. The second-order valence-corrected chi connectivity index (χ2v) is 9.81. The first kappa shape index (κ1) is 19.9. The first-order valence-electron chi connectivity index (χ1n) is 8.90. The van der Waals surface area contributed by atoms with Crippen LogP contribution in [0, 0.1) is 5.92 Å². The molecule has 6 heteroatoms. The predicted octanol–water partition coefficient (Wildman–Crippen LogP) is 2.53. The third kappa shape index (κ3) is 5.54. The van der Waals surface area contributed by atoms with E-state index in [2.05, 4.69) is 31.3 Å². The lowest BCUT2D eigenvalue weighted by Crippen LogP contribution is -2.47. The average Bonchev–Trinajstić information content (AvgIpc) is 2.54. The van der Waals surface area contributed by atoms with Crippen LogP contribution in [-0.2, 0) is 20.2 Å². The highest BCUT2D eigenvalue weighted by molar-refractivity contribution is 7.88. The molecule has 1 aromatic carbocycles. The van der Waals surface area contributed by atoms with Gasteiger partial charge in [0, 0.05) is 19.1 Å². The van der Waals surface area contributed by atoms with Gasteiger partial charge in [0.15, 0.2) is 0 Å². The Kier molecular flexibility index (Phi) is 6.27. The van der Waals surface area contributed by atoms with Crippen LogP contribution < -0.4 is 5.32 Å². The van der Waals surface area contributed by atoms with Gasteiger partial charge in [-0.15, -0.1) is 0 Å². The molecule has 1 amide bonds. The number of hydrogen-bond acceptors (Lipinski definition) is 3. The third-order valence-electron chi connectivity index (χ3n) is 4.98. The molecular weight excluding hydrogens is 336 g/mol. The number of carbonyl (C=O) groups excluding carboxylic acids is 1. The minimum Gasteiger partial charge on any atom is -0.353 e. The minimum absolute atomic E-state index is 0.0244. The van der Waals surface area contributed by atoms with E-state index in [-0.39, 0.29) is 23.3 Å². The molecule has 1 heterocycles. The standard InChI is InChI=1S/C19H30N2O3S/c1-15(13-19(2,3)17-10-6-5-7-11-17)20-18(22)16-9-8-12-21(14-16)25(4,23)24/h5-7,10-11,15-16H,8-9,12-14H2,1-4H3,(H,20,22)/t15-,16-/m0/s1. The number of sulfonamides is 1. The number of rotatable bonds is 6. The zero-order valence-corrected chi connectivity index (χ0v) is 16.5. The fraction of sp³-hybridized carbons (Fsp3) is 0.632. The summed E-state index contributed by atoms with van der Waals surface area (Å²) in [4.78, 5) is 12.6. The summed E-state index contributed by atoms with van der Waals surface area (Å²) in [7, 11) is -3.23. The molecule has 0 aromatic heterocycles. The highest BCUT2D eigenvalue weighted by atomic mass is 32.2. The molecule has 1 N–H and O–H groups in total. The van der Waals surface area contributed by atoms with Crippen LogP contribution in [0.1, 0.15) is 45.6 Å². The maximum Gasteiger partial charge on any atom is 0.224 e. The molecule has 1 fully saturated rings. The van der Waals surface area contributed by atoms with Gasteiger partial charge in [0.05, 0.1) is 12.2 Å². The van der Waals surface area contributed by atoms with E-state index in [0.717, 1.165) is 19.3 Å². The van der Waals surface area contributed by atoms with Gasteiger partial charge in [-0.25, -0.2) is 12.7 Å². The second-order valence-electron chi connectivity index (χ2n) is 7.82. The summed E-state index contributed by atoms with van der Waals surface area (Å²) < 4.78 is 24.8. The Labute approximate surface area is 151 Å². The molecule has 25 heavy (non-hydrogen) atoms. The number of amides is 1. The van der Waals surface area contributed by atoms with E-state index in [1.807, 2.05) is 25.1 Å². The lowest BCUT2D eigenvalue weighted by Gasteiger charge is -2.33. The van der Waals surface area contributed by atoms with Crippen molar-refractivity contribution in [3.05, 3.63) is 35.9 Å². The van der Waals surface area contributed by atoms with Crippen LogP contribution in [-0.4, -0.2) is 44.0 Å². The quantitative estimate of drug-likeness (QED) is 0.841. The summed E-state index contributed by atoms with van der Waals surface area (Å²) >= 11 is 0. The van der Waals surface area contributed by atoms with Crippen molar-refractivity contribution >= 4 is 15.9 Å². The summed E-state index contributed by atoms with van der Waals surface area (Å²) in [6.45, 7) is 7.17. The number of hydrogen-bond donors (Lipinski definition) is 1. The van der Waals surface area contributed by atoms with Gasteiger partial charge in [0.25, 0.3) is 0 Å². The van der Waals surface area contributed by atoms with Crippen LogP contribution in [0.15, 0.2) is 30.3 Å². The van der Waals surface area contributed by atoms with Gasteiger partial charge < -0.3 is 5.32 Å². The lowest BCUT2D eigenvalue weighted by molar-refractivity contribution is -0.126. The Hall–Kier alpha value is -1.40. The van der Waals surface area contributed by atoms with E-state index in [0.29, 0.717) is 13.1 Å². The number of nitrogens with zero attached hydrogens (tertiary/aromatic N) is 1. The highest BCUT2D eigenvalue weighted by Gasteiger charge is 2.31. The molecule has 1 aliphatic rings. The zero-order valence-electron chi connectivity index (χ0n) is 15.7. The molecular formula is C19H30N2O3S. The fourth-order valence-corrected chi connectivity index (χ4v) is 4.55. The number of benzene rings is 1. The van der Waals surface area contributed by atoms with Gasteiger partial charge in [-0.1, -0.05) is 44.2 Å². The molecule has 0 unspecified atom stereocenters. The average molecular weight is 367 g/mol. The lowest BCUT2D eigenvalue weighted by atomic mass is 9.79. The Morgan fingerprint density at radius 1 is 1.32 bits per heavy atom. The molecule has 1 aliphatic heterocycles. The normalized spacial score (nSPS) is 20.9. The number of piperidine rings is 1. The van der Waals surface area contributed by atoms with Crippen LogP contribution >= 0.6 is 0 Å². The largest absolute Gasteiger partial charge is 0.353 e. The monoisotopic (exact) mass is 366 g/mol. The van der Waals surface area contributed by atoms with Gasteiger partial charge in [0.2, 0.25) is 15.9 Å². The number of nitrogens with one attached hydrogen (secondary N) is 1. The van der Waals surface area contributed by atoms with Crippen LogP contribution in [0.3, 0.4) is 0 Å². The van der Waals surface area contributed by atoms with Crippen LogP contribution in [0.25, 0.3) is 0 Å². The number of carbonyl (C=O) groups is 1. The molecule has 2 atom stereocenters. The van der Waals surface area contributed by atoms with E-state index in [4.69, 9.17) is 0 Å². The maximum atomic E-state index is 12.6. The molecule has 1 aromatic rings. The Morgan fingerprint density at radius 3 is 2.56 bits per heavy atom. The van der Waals surface area contributed by atoms with Gasteiger partial charge in [-0.05, 0) is 37.2 Å². The summed E-state index contributed by atoms with van der Waals surface area (Å²) in [6.07, 6.45) is 3.51. The van der Waals surface area contributed by atoms with Crippen molar-refractivity contribution in [3.63, 3.8) is 0 Å². The summed E-state index contributed by atoms with van der Waals surface area (Å²) in [5.74, 6) is -0.296. The van der Waals surface area contributed by atoms with E-state index >= 15 is 0 Å². The predicted molar refractivity (Wildman–Crippen MR) is 101 cm³/mol. The molecule has 0 aliphatic carbocycles. The van der Waals surface area contributed by atoms with Crippen LogP contribution in [0.4, 0.5) is 0 Å². The van der Waals surface area contributed by atoms with Crippen molar-refractivity contribution in [2.24, 2.45) is 5.92 Å². The molecule has 2 rings (SSSR count). The first-order chi connectivity index (χ1) is 11.6. The highest BCUT2D eigenvalue weighted by Crippen LogP contribution is 2.28. The van der Waals surface area contributed by atoms with Crippen molar-refractivity contribution in [3.8, 4) is 0 Å². The SMILES string of the molecule is C[C@@H](CC(C)(C)c1ccccc1)NC(=O)[C@H]1CCCN(S(C)(=O)=O)C1. The van der Waals surface area contributed by atoms with Crippen LogP contribution in [0.2, 0.25) is 0 Å². The molecule has 0 spiro atoms. The van der Waals surface area contributed by atoms with Crippen molar-refractivity contribution in [1.82, 2.24) is 9.62 Å². The third-order valence-corrected chi connectivity index (χ3v) is 6.25. The minimum atomic E-state index is -3.23. The van der Waals surface area contributed by atoms with Gasteiger partial charge >= 0.3 is 0 Å². The second kappa shape index (κ2) is 7.87. The van der Waals surface area contributed by atoms with E-state index in [1.54, 1.807) is 0 Å². The van der Waals surface area contributed by atoms with E-state index in [1.165, 1.54) is 16.1 Å². The molecule has 0 bridgehead atoms. The van der Waals surface area contributed by atoms with Gasteiger partial charge in [-0.2, -0.15) is 0 Å². The van der Waals surface area contributed by atoms with Crippen LogP contribution in [0.5, 0.6) is 0 Å². The van der Waals surface area contributed by atoms with Crippen molar-refractivity contribution < 1.29 is 13.2 Å². The van der Waals surface area contributed by atoms with Crippen molar-refractivity contribution in [2.45, 2.75) is 51.5 Å². The molecule has 0 radical (unpaired) electrons. The Morgan fingerprint density at radius 2 is 1.96 bits per heavy atom. The van der Waals surface area contributed by atoms with E-state index in [9.17, 15) is 13.2 Å². The summed E-state index contributed by atoms with van der Waals surface area (Å²) in [5, 5.41) is 3.09. The Balaban J connectivity index is 1.93. The van der Waals surface area contributed by atoms with Crippen molar-refractivity contribution in [1.29, 1.82) is 0 Å². The molecule has 140 valence electrons. The molecule has 1 saturated heterocycles. The topological polar surface area (TPSA) is 66.5 Å². The van der Waals surface area contributed by atoms with E-state index < -0.39 is 10.0 Å². The molecule has 0 saturated carbocycles.